The first kappa shape index (κ1) is 16.1. The van der Waals surface area contributed by atoms with Crippen LogP contribution in [0.3, 0.4) is 0 Å². The topological polar surface area (TPSA) is 37.3 Å². The zero-order chi connectivity index (χ0) is 14.4. The number of rotatable bonds is 6. The molecule has 3 heteroatoms. The molecule has 0 aromatic rings. The van der Waals surface area contributed by atoms with Crippen molar-refractivity contribution in [2.75, 3.05) is 0 Å². The quantitative estimate of drug-likeness (QED) is 0.562. The van der Waals surface area contributed by atoms with E-state index in [0.29, 0.717) is 0 Å². The normalized spacial score (nSPS) is 34.9. The van der Waals surface area contributed by atoms with Gasteiger partial charge in [0.1, 0.15) is 0 Å². The van der Waals surface area contributed by atoms with E-state index in [9.17, 15) is 4.79 Å². The van der Waals surface area contributed by atoms with Gasteiger partial charge in [0.05, 0.1) is 5.92 Å². The summed E-state index contributed by atoms with van der Waals surface area (Å²) in [6.07, 6.45) is 13.5. The molecule has 0 unspecified atom stereocenters. The summed E-state index contributed by atoms with van der Waals surface area (Å²) >= 11 is 0. The van der Waals surface area contributed by atoms with E-state index in [1.807, 2.05) is 0 Å². The van der Waals surface area contributed by atoms with Crippen molar-refractivity contribution in [3.63, 3.8) is 0 Å². The van der Waals surface area contributed by atoms with E-state index in [2.05, 4.69) is 6.92 Å². The van der Waals surface area contributed by atoms with Crippen LogP contribution in [0.25, 0.3) is 0 Å². The molecule has 0 atom stereocenters. The molecule has 20 heavy (non-hydrogen) atoms. The van der Waals surface area contributed by atoms with Crippen LogP contribution in [0.2, 0.25) is 17.6 Å². The van der Waals surface area contributed by atoms with Crippen molar-refractivity contribution in [2.24, 2.45) is 11.8 Å². The maximum Gasteiger partial charge on any atom is 0.306 e. The van der Waals surface area contributed by atoms with Crippen LogP contribution in [-0.4, -0.2) is 19.9 Å². The third-order valence-corrected chi connectivity index (χ3v) is 10.0. The fourth-order valence-corrected chi connectivity index (χ4v) is 8.69. The highest BCUT2D eigenvalue weighted by molar-refractivity contribution is 6.60. The molecule has 0 spiro atoms. The van der Waals surface area contributed by atoms with Crippen LogP contribution in [0.1, 0.15) is 71.1 Å². The van der Waals surface area contributed by atoms with Gasteiger partial charge in [-0.1, -0.05) is 70.4 Å². The Labute approximate surface area is 126 Å². The summed E-state index contributed by atoms with van der Waals surface area (Å²) in [4.78, 5) is 11.0. The average Bonchev–Trinajstić information content (AvgIpc) is 2.48. The summed E-state index contributed by atoms with van der Waals surface area (Å²) in [5.74, 6) is 0.461. The van der Waals surface area contributed by atoms with Crippen molar-refractivity contribution < 1.29 is 9.90 Å². The van der Waals surface area contributed by atoms with Crippen molar-refractivity contribution >= 4 is 14.8 Å². The van der Waals surface area contributed by atoms with Crippen LogP contribution < -0.4 is 0 Å². The van der Waals surface area contributed by atoms with Crippen LogP contribution in [0.5, 0.6) is 0 Å². The van der Waals surface area contributed by atoms with Crippen LogP contribution >= 0.6 is 0 Å². The second-order valence-electron chi connectivity index (χ2n) is 7.23. The number of carboxylic acids is 1. The summed E-state index contributed by atoms with van der Waals surface area (Å²) < 4.78 is 0. The minimum absolute atomic E-state index is 0.0101. The predicted octanol–water partition coefficient (Wildman–Crippen LogP) is 4.85. The minimum Gasteiger partial charge on any atom is -0.481 e. The molecule has 0 amide bonds. The average molecular weight is 297 g/mol. The van der Waals surface area contributed by atoms with Gasteiger partial charge in [-0.25, -0.2) is 0 Å². The maximum absolute atomic E-state index is 11.0. The van der Waals surface area contributed by atoms with Crippen molar-refractivity contribution in [1.82, 2.24) is 0 Å². The molecule has 0 radical (unpaired) electrons. The molecule has 1 heterocycles. The lowest BCUT2D eigenvalue weighted by atomic mass is 9.85. The number of carboxylic acid groups (broad SMARTS) is 1. The molecule has 0 aromatic heterocycles. The number of aliphatic carboxylic acids is 1. The fraction of sp³-hybridized carbons (Fsp3) is 0.941. The summed E-state index contributed by atoms with van der Waals surface area (Å²) in [5, 5.41) is 9.09. The van der Waals surface area contributed by atoms with Gasteiger partial charge in [0, 0.05) is 8.80 Å². The molecule has 1 aliphatic carbocycles. The number of hydrogen-bond acceptors (Lipinski definition) is 1. The molecule has 0 aromatic carbocycles. The van der Waals surface area contributed by atoms with Gasteiger partial charge in [-0.2, -0.15) is 0 Å². The van der Waals surface area contributed by atoms with E-state index in [1.54, 1.807) is 0 Å². The number of hydrogen-bond donors (Lipinski definition) is 1. The predicted molar refractivity (Wildman–Crippen MR) is 87.0 cm³/mol. The van der Waals surface area contributed by atoms with E-state index in [-0.39, 0.29) is 5.92 Å². The lowest BCUT2D eigenvalue weighted by Gasteiger charge is -2.36. The molecule has 2 nitrogen and oxygen atoms in total. The van der Waals surface area contributed by atoms with Gasteiger partial charge >= 0.3 is 5.97 Å². The maximum atomic E-state index is 11.0. The largest absolute Gasteiger partial charge is 0.481 e. The molecule has 2 rings (SSSR count). The Balaban J connectivity index is 1.65. The highest BCUT2D eigenvalue weighted by atomic mass is 28.3. The Morgan fingerprint density at radius 3 is 2.25 bits per heavy atom. The van der Waals surface area contributed by atoms with Gasteiger partial charge in [0.25, 0.3) is 0 Å². The highest BCUT2D eigenvalue weighted by Gasteiger charge is 2.33. The van der Waals surface area contributed by atoms with E-state index < -0.39 is 14.8 Å². The van der Waals surface area contributed by atoms with Gasteiger partial charge in [0.15, 0.2) is 0 Å². The van der Waals surface area contributed by atoms with Gasteiger partial charge < -0.3 is 5.11 Å². The lowest BCUT2D eigenvalue weighted by molar-refractivity contribution is -0.142. The molecule has 1 aliphatic heterocycles. The lowest BCUT2D eigenvalue weighted by Crippen LogP contribution is -2.31. The number of carbonyl (C=O) groups is 1. The van der Waals surface area contributed by atoms with Crippen molar-refractivity contribution in [3.8, 4) is 0 Å². The second-order valence-corrected chi connectivity index (χ2v) is 10.8. The molecular formula is C17H32O2Si. The standard InChI is InChI=1S/C17H32O2Si/c1-2-3-4-5-14-6-8-16(9-7-14)20-12-10-15(11-13-20)17(18)19/h14-16,20H,2-13H2,1H3,(H,18,19). The Morgan fingerprint density at radius 2 is 1.70 bits per heavy atom. The van der Waals surface area contributed by atoms with E-state index in [4.69, 9.17) is 5.11 Å². The Morgan fingerprint density at radius 1 is 1.05 bits per heavy atom. The molecule has 2 fully saturated rings. The molecule has 1 saturated carbocycles. The Bertz CT molecular complexity index is 289. The summed E-state index contributed by atoms with van der Waals surface area (Å²) in [7, 11) is -0.611. The number of unbranched alkanes of at least 4 members (excludes halogenated alkanes) is 2. The van der Waals surface area contributed by atoms with Crippen molar-refractivity contribution in [2.45, 2.75) is 88.8 Å². The smallest absolute Gasteiger partial charge is 0.306 e. The van der Waals surface area contributed by atoms with Crippen LogP contribution in [0.4, 0.5) is 0 Å². The fourth-order valence-electron chi connectivity index (χ4n) is 4.47. The molecule has 0 bridgehead atoms. The SMILES string of the molecule is CCCCCC1CCC([SiH]2CCC(C(=O)O)CC2)CC1. The Hall–Kier alpha value is -0.313. The third-order valence-electron chi connectivity index (χ3n) is 5.90. The monoisotopic (exact) mass is 296 g/mol. The van der Waals surface area contributed by atoms with Gasteiger partial charge in [-0.3, -0.25) is 4.79 Å². The van der Waals surface area contributed by atoms with Gasteiger partial charge in [-0.05, 0) is 24.3 Å². The van der Waals surface area contributed by atoms with E-state index >= 15 is 0 Å². The molecule has 2 aliphatic rings. The highest BCUT2D eigenvalue weighted by Crippen LogP contribution is 2.42. The first-order valence-electron chi connectivity index (χ1n) is 8.93. The molecule has 1 N–H and O–H groups in total. The minimum atomic E-state index is -0.611. The third kappa shape index (κ3) is 4.61. The van der Waals surface area contributed by atoms with E-state index in [1.165, 1.54) is 63.5 Å². The van der Waals surface area contributed by atoms with E-state index in [0.717, 1.165) is 24.3 Å². The molecular weight excluding hydrogens is 264 g/mol. The van der Waals surface area contributed by atoms with Crippen LogP contribution in [0, 0.1) is 11.8 Å². The van der Waals surface area contributed by atoms with Crippen molar-refractivity contribution in [1.29, 1.82) is 0 Å². The second kappa shape index (κ2) is 8.21. The summed E-state index contributed by atoms with van der Waals surface area (Å²) in [6.45, 7) is 2.29. The zero-order valence-corrected chi connectivity index (χ0v) is 14.3. The van der Waals surface area contributed by atoms with Crippen LogP contribution in [-0.2, 0) is 4.79 Å². The zero-order valence-electron chi connectivity index (χ0n) is 13.2. The van der Waals surface area contributed by atoms with Crippen molar-refractivity contribution in [3.05, 3.63) is 0 Å². The van der Waals surface area contributed by atoms with Gasteiger partial charge in [0.2, 0.25) is 0 Å². The summed E-state index contributed by atoms with van der Waals surface area (Å²) in [5.41, 5.74) is 1.05. The first-order chi connectivity index (χ1) is 9.70. The molecule has 1 saturated heterocycles. The molecule has 116 valence electrons. The first-order valence-corrected chi connectivity index (χ1v) is 11.2. The summed E-state index contributed by atoms with van der Waals surface area (Å²) in [6, 6.07) is 2.62. The Kier molecular flexibility index (Phi) is 6.59. The van der Waals surface area contributed by atoms with Crippen LogP contribution in [0.15, 0.2) is 0 Å². The van der Waals surface area contributed by atoms with Gasteiger partial charge in [-0.15, -0.1) is 0 Å².